The Balaban J connectivity index is 2.17. The standard InChI is InChI=1S/C27H33ClN2O4S/c1-5-35(32,33)25-14-12-22(13-15-25)18-27(31)30-26(16-11-21(4)34-20(2)3)29-19-23-9-7-6-8-10-24(28)17-23/h6-7,9,11-17,20H,4-5,8,10,18-19H2,1-3H3,(H,29,30,31)/b7-6-,16-11-,23-9+,24-17+. The van der Waals surface area contributed by atoms with Gasteiger partial charge in [0.1, 0.15) is 11.6 Å². The summed E-state index contributed by atoms with van der Waals surface area (Å²) in [6.07, 6.45) is 12.9. The molecule has 1 amide bonds. The number of amides is 1. The summed E-state index contributed by atoms with van der Waals surface area (Å²) in [7, 11) is -3.29. The van der Waals surface area contributed by atoms with Gasteiger partial charge in [0, 0.05) is 5.03 Å². The quantitative estimate of drug-likeness (QED) is 0.194. The molecule has 6 nitrogen and oxygen atoms in total. The Kier molecular flexibility index (Phi) is 11.2. The van der Waals surface area contributed by atoms with Gasteiger partial charge in [0.25, 0.3) is 0 Å². The van der Waals surface area contributed by atoms with Crippen molar-refractivity contribution in [3.63, 3.8) is 0 Å². The number of allylic oxidation sites excluding steroid dienone is 5. The molecule has 8 heteroatoms. The number of ether oxygens (including phenoxy) is 1. The number of nitrogens with zero attached hydrogens (tertiary/aromatic N) is 1. The van der Waals surface area contributed by atoms with Crippen molar-refractivity contribution in [1.29, 1.82) is 0 Å². The average molecular weight is 517 g/mol. The number of nitrogens with one attached hydrogen (secondary N) is 1. The predicted molar refractivity (Wildman–Crippen MR) is 143 cm³/mol. The molecule has 0 fully saturated rings. The summed E-state index contributed by atoms with van der Waals surface area (Å²) in [5, 5.41) is 3.57. The zero-order valence-corrected chi connectivity index (χ0v) is 22.0. The predicted octanol–water partition coefficient (Wildman–Crippen LogP) is 5.43. The molecule has 35 heavy (non-hydrogen) atoms. The molecule has 0 heterocycles. The highest BCUT2D eigenvalue weighted by Crippen LogP contribution is 2.17. The van der Waals surface area contributed by atoms with E-state index in [1.807, 2.05) is 38.2 Å². The minimum absolute atomic E-state index is 0.0252. The average Bonchev–Trinajstić information content (AvgIpc) is 2.78. The number of hydrogen-bond acceptors (Lipinski definition) is 5. The Morgan fingerprint density at radius 1 is 1.26 bits per heavy atom. The number of carbonyl (C=O) groups excluding carboxylic acids is 1. The van der Waals surface area contributed by atoms with Crippen LogP contribution in [0.1, 0.15) is 39.2 Å². The molecule has 1 aliphatic carbocycles. The zero-order chi connectivity index (χ0) is 25.8. The van der Waals surface area contributed by atoms with E-state index in [4.69, 9.17) is 16.3 Å². The van der Waals surface area contributed by atoms with Gasteiger partial charge in [0.2, 0.25) is 5.91 Å². The molecule has 1 aromatic carbocycles. The van der Waals surface area contributed by atoms with Crippen molar-refractivity contribution in [2.45, 2.75) is 51.0 Å². The molecule has 0 saturated carbocycles. The molecule has 2 rings (SSSR count). The van der Waals surface area contributed by atoms with Gasteiger partial charge in [-0.3, -0.25) is 9.79 Å². The first-order valence-electron chi connectivity index (χ1n) is 11.5. The van der Waals surface area contributed by atoms with Gasteiger partial charge in [-0.15, -0.1) is 0 Å². The second-order valence-corrected chi connectivity index (χ2v) is 11.0. The summed E-state index contributed by atoms with van der Waals surface area (Å²) in [4.78, 5) is 17.5. The number of halogens is 1. The van der Waals surface area contributed by atoms with E-state index in [-0.39, 0.29) is 29.1 Å². The number of sulfone groups is 1. The van der Waals surface area contributed by atoms with Crippen molar-refractivity contribution < 1.29 is 17.9 Å². The van der Waals surface area contributed by atoms with E-state index < -0.39 is 9.84 Å². The summed E-state index contributed by atoms with van der Waals surface area (Å²) < 4.78 is 29.5. The lowest BCUT2D eigenvalue weighted by molar-refractivity contribution is -0.119. The largest absolute Gasteiger partial charge is 0.492 e. The summed E-state index contributed by atoms with van der Waals surface area (Å²) >= 11 is 6.27. The molecule has 0 atom stereocenters. The second-order valence-electron chi connectivity index (χ2n) is 8.24. The Morgan fingerprint density at radius 2 is 1.97 bits per heavy atom. The van der Waals surface area contributed by atoms with E-state index in [1.54, 1.807) is 31.2 Å². The van der Waals surface area contributed by atoms with E-state index in [1.165, 1.54) is 12.1 Å². The van der Waals surface area contributed by atoms with Crippen LogP contribution in [-0.2, 0) is 25.8 Å². The number of carbonyl (C=O) groups is 1. The van der Waals surface area contributed by atoms with Crippen LogP contribution in [0.2, 0.25) is 0 Å². The van der Waals surface area contributed by atoms with Crippen molar-refractivity contribution in [3.8, 4) is 0 Å². The zero-order valence-electron chi connectivity index (χ0n) is 20.5. The van der Waals surface area contributed by atoms with Crippen molar-refractivity contribution in [2.24, 2.45) is 4.99 Å². The number of rotatable bonds is 10. The highest BCUT2D eigenvalue weighted by atomic mass is 35.5. The molecule has 0 unspecified atom stereocenters. The maximum absolute atomic E-state index is 12.7. The van der Waals surface area contributed by atoms with E-state index in [0.717, 1.165) is 23.4 Å². The first-order valence-corrected chi connectivity index (χ1v) is 13.5. The number of amidine groups is 1. The van der Waals surface area contributed by atoms with Crippen LogP contribution >= 0.6 is 11.6 Å². The smallest absolute Gasteiger partial charge is 0.229 e. The van der Waals surface area contributed by atoms with Crippen LogP contribution in [0, 0.1) is 0 Å². The van der Waals surface area contributed by atoms with Gasteiger partial charge in [0.15, 0.2) is 9.84 Å². The molecule has 0 aliphatic heterocycles. The molecule has 1 N–H and O–H groups in total. The Bertz CT molecular complexity index is 1160. The third kappa shape index (κ3) is 10.5. The Labute approximate surface area is 213 Å². The van der Waals surface area contributed by atoms with E-state index in [9.17, 15) is 13.2 Å². The van der Waals surface area contributed by atoms with Crippen LogP contribution in [0.25, 0.3) is 0 Å². The molecular formula is C27H33ClN2O4S. The number of benzene rings is 1. The third-order valence-corrected chi connectivity index (χ3v) is 6.93. The van der Waals surface area contributed by atoms with Gasteiger partial charge in [-0.1, -0.05) is 55.5 Å². The second kappa shape index (κ2) is 13.9. The maximum atomic E-state index is 12.7. The van der Waals surface area contributed by atoms with Gasteiger partial charge in [-0.2, -0.15) is 0 Å². The molecular weight excluding hydrogens is 484 g/mol. The number of aliphatic imine (C=N–C) groups is 1. The Hall–Kier alpha value is -2.90. The summed E-state index contributed by atoms with van der Waals surface area (Å²) in [5.74, 6) is 0.545. The van der Waals surface area contributed by atoms with Crippen LogP contribution in [0.4, 0.5) is 0 Å². The third-order valence-electron chi connectivity index (χ3n) is 4.88. The topological polar surface area (TPSA) is 84.8 Å². The van der Waals surface area contributed by atoms with Crippen LogP contribution < -0.4 is 5.32 Å². The lowest BCUT2D eigenvalue weighted by atomic mass is 10.1. The van der Waals surface area contributed by atoms with E-state index >= 15 is 0 Å². The fraction of sp³-hybridized carbons (Fsp3) is 0.333. The van der Waals surface area contributed by atoms with Crippen LogP contribution in [0.5, 0.6) is 0 Å². The fourth-order valence-corrected chi connectivity index (χ4v) is 4.24. The molecule has 1 aromatic rings. The van der Waals surface area contributed by atoms with Crippen molar-refractivity contribution >= 4 is 33.2 Å². The first kappa shape index (κ1) is 28.3. The van der Waals surface area contributed by atoms with Gasteiger partial charge >= 0.3 is 0 Å². The Morgan fingerprint density at radius 3 is 2.63 bits per heavy atom. The van der Waals surface area contributed by atoms with Crippen LogP contribution in [0.3, 0.4) is 0 Å². The molecule has 0 radical (unpaired) electrons. The lowest BCUT2D eigenvalue weighted by Gasteiger charge is -2.10. The maximum Gasteiger partial charge on any atom is 0.229 e. The molecule has 188 valence electrons. The lowest BCUT2D eigenvalue weighted by Crippen LogP contribution is -2.31. The summed E-state index contributed by atoms with van der Waals surface area (Å²) in [5.41, 5.74) is 1.60. The highest BCUT2D eigenvalue weighted by Gasteiger charge is 2.12. The van der Waals surface area contributed by atoms with Crippen LogP contribution in [-0.4, -0.2) is 38.6 Å². The molecule has 1 aliphatic rings. The van der Waals surface area contributed by atoms with Gasteiger partial charge in [-0.25, -0.2) is 8.42 Å². The molecule has 0 bridgehead atoms. The molecule has 0 saturated heterocycles. The SMILES string of the molecule is C=C(/C=C\C(=NCC1=C/C=C\CC/C(Cl)=C\1)NC(=O)Cc1ccc(S(=O)(=O)CC)cc1)OC(C)C. The molecule has 0 aromatic heterocycles. The van der Waals surface area contributed by atoms with Gasteiger partial charge in [-0.05, 0) is 68.2 Å². The first-order chi connectivity index (χ1) is 16.6. The normalized spacial score (nSPS) is 18.7. The summed E-state index contributed by atoms with van der Waals surface area (Å²) in [6.45, 7) is 9.58. The van der Waals surface area contributed by atoms with E-state index in [2.05, 4.69) is 16.9 Å². The fourth-order valence-electron chi connectivity index (χ4n) is 3.11. The number of hydrogen-bond donors (Lipinski definition) is 1. The van der Waals surface area contributed by atoms with Gasteiger partial charge < -0.3 is 10.1 Å². The van der Waals surface area contributed by atoms with E-state index in [0.29, 0.717) is 23.7 Å². The van der Waals surface area contributed by atoms with Crippen molar-refractivity contribution in [1.82, 2.24) is 5.32 Å². The van der Waals surface area contributed by atoms with Gasteiger partial charge in [0.05, 0.1) is 29.7 Å². The minimum atomic E-state index is -3.29. The monoisotopic (exact) mass is 516 g/mol. The van der Waals surface area contributed by atoms with Crippen LogP contribution in [0.15, 0.2) is 93.6 Å². The van der Waals surface area contributed by atoms with Crippen molar-refractivity contribution in [3.05, 3.63) is 89.2 Å². The van der Waals surface area contributed by atoms with Crippen molar-refractivity contribution in [2.75, 3.05) is 12.3 Å². The minimum Gasteiger partial charge on any atom is -0.492 e. The molecule has 0 spiro atoms. The highest BCUT2D eigenvalue weighted by molar-refractivity contribution is 7.91. The summed E-state index contributed by atoms with van der Waals surface area (Å²) in [6, 6.07) is 6.33.